The molecule has 0 aliphatic carbocycles. The Morgan fingerprint density at radius 3 is 2.06 bits per heavy atom. The number of methoxy groups -OCH3 is 1. The van der Waals surface area contributed by atoms with Gasteiger partial charge in [0.1, 0.15) is 0 Å². The van der Waals surface area contributed by atoms with Crippen LogP contribution in [0.5, 0.6) is 5.75 Å². The number of nitrogens with two attached hydrogens (primary N) is 2. The monoisotopic (exact) mass is 290 g/mol. The van der Waals surface area contributed by atoms with Gasteiger partial charge in [-0.3, -0.25) is 0 Å². The van der Waals surface area contributed by atoms with Gasteiger partial charge in [0.15, 0.2) is 5.75 Å². The van der Waals surface area contributed by atoms with Crippen LogP contribution in [0.15, 0.2) is 12.1 Å². The van der Waals surface area contributed by atoms with Crippen molar-refractivity contribution in [3.05, 3.63) is 27.7 Å². The molecule has 0 saturated heterocycles. The van der Waals surface area contributed by atoms with Crippen molar-refractivity contribution in [2.45, 2.75) is 13.3 Å². The maximum Gasteiger partial charge on any atom is 0.156 e. The molecule has 0 bridgehead atoms. The van der Waals surface area contributed by atoms with Gasteiger partial charge < -0.3 is 16.2 Å². The van der Waals surface area contributed by atoms with Crippen LogP contribution < -0.4 is 16.2 Å². The molecule has 0 radical (unpaired) electrons. The van der Waals surface area contributed by atoms with Crippen LogP contribution in [-0.4, -0.2) is 20.2 Å². The van der Waals surface area contributed by atoms with E-state index in [4.69, 9.17) is 39.4 Å². The Hall–Kier alpha value is -0.480. The van der Waals surface area contributed by atoms with Crippen LogP contribution in [0.1, 0.15) is 12.5 Å². The molecule has 18 heavy (non-hydrogen) atoms. The second-order valence-corrected chi connectivity index (χ2v) is 5.32. The normalized spacial score (nSPS) is 12.8. The first kappa shape index (κ1) is 15.6. The van der Waals surface area contributed by atoms with Crippen molar-refractivity contribution < 1.29 is 4.74 Å². The molecule has 4 N–H and O–H groups in total. The van der Waals surface area contributed by atoms with Crippen molar-refractivity contribution in [2.24, 2.45) is 23.3 Å². The summed E-state index contributed by atoms with van der Waals surface area (Å²) < 4.78 is 5.12. The largest absolute Gasteiger partial charge is 0.494 e. The minimum absolute atomic E-state index is 0.310. The summed E-state index contributed by atoms with van der Waals surface area (Å²) in [7, 11) is 1.55. The van der Waals surface area contributed by atoms with Gasteiger partial charge in [0, 0.05) is 0 Å². The zero-order valence-electron chi connectivity index (χ0n) is 10.7. The van der Waals surface area contributed by atoms with Gasteiger partial charge >= 0.3 is 0 Å². The third kappa shape index (κ3) is 3.75. The zero-order chi connectivity index (χ0) is 13.7. The van der Waals surface area contributed by atoms with Crippen LogP contribution >= 0.6 is 23.2 Å². The fourth-order valence-corrected chi connectivity index (χ4v) is 2.71. The van der Waals surface area contributed by atoms with E-state index in [0.717, 1.165) is 12.0 Å². The first-order valence-electron chi connectivity index (χ1n) is 5.95. The fraction of sp³-hybridized carbons (Fsp3) is 0.538. The van der Waals surface area contributed by atoms with Crippen molar-refractivity contribution in [1.29, 1.82) is 0 Å². The second-order valence-electron chi connectivity index (χ2n) is 4.51. The smallest absolute Gasteiger partial charge is 0.156 e. The van der Waals surface area contributed by atoms with Crippen molar-refractivity contribution in [3.63, 3.8) is 0 Å². The molecule has 1 rings (SSSR count). The summed E-state index contributed by atoms with van der Waals surface area (Å²) in [6, 6.07) is 3.76. The minimum Gasteiger partial charge on any atom is -0.494 e. The van der Waals surface area contributed by atoms with Crippen molar-refractivity contribution >= 4 is 23.2 Å². The molecule has 0 saturated carbocycles. The summed E-state index contributed by atoms with van der Waals surface area (Å²) in [6.07, 6.45) is 0.850. The van der Waals surface area contributed by atoms with Gasteiger partial charge in [-0.25, -0.2) is 0 Å². The molecule has 1 unspecified atom stereocenters. The first-order valence-corrected chi connectivity index (χ1v) is 6.71. The van der Waals surface area contributed by atoms with E-state index in [-0.39, 0.29) is 0 Å². The third-order valence-electron chi connectivity index (χ3n) is 3.23. The number of benzene rings is 1. The Labute approximate surface area is 118 Å². The Morgan fingerprint density at radius 1 is 1.17 bits per heavy atom. The summed E-state index contributed by atoms with van der Waals surface area (Å²) in [4.78, 5) is 0. The number of hydrogen-bond acceptors (Lipinski definition) is 3. The van der Waals surface area contributed by atoms with Crippen LogP contribution in [0.2, 0.25) is 10.0 Å². The average Bonchev–Trinajstić information content (AvgIpc) is 2.30. The number of halogens is 2. The lowest BCUT2D eigenvalue weighted by atomic mass is 9.88. The molecule has 1 aromatic rings. The maximum atomic E-state index is 6.11. The standard InChI is InChI=1S/C13H20Cl2N2O/c1-8(10(6-16)7-17)3-9-4-11(14)13(18-2)12(15)5-9/h4-5,8,10H,3,6-7,16-17H2,1-2H3. The molecule has 3 nitrogen and oxygen atoms in total. The van der Waals surface area contributed by atoms with E-state index in [2.05, 4.69) is 6.92 Å². The summed E-state index contributed by atoms with van der Waals surface area (Å²) in [5, 5.41) is 1.06. The highest BCUT2D eigenvalue weighted by Gasteiger charge is 2.16. The predicted molar refractivity (Wildman–Crippen MR) is 77.5 cm³/mol. The van der Waals surface area contributed by atoms with E-state index in [9.17, 15) is 0 Å². The SMILES string of the molecule is COc1c(Cl)cc(CC(C)C(CN)CN)cc1Cl. The van der Waals surface area contributed by atoms with Gasteiger partial charge in [0.2, 0.25) is 0 Å². The lowest BCUT2D eigenvalue weighted by Gasteiger charge is -2.21. The van der Waals surface area contributed by atoms with Gasteiger partial charge in [0.25, 0.3) is 0 Å². The van der Waals surface area contributed by atoms with Crippen molar-refractivity contribution in [3.8, 4) is 5.75 Å². The Kier molecular flexibility index (Phi) is 6.22. The molecule has 1 atom stereocenters. The topological polar surface area (TPSA) is 61.3 Å². The molecule has 5 heteroatoms. The molecule has 0 heterocycles. The van der Waals surface area contributed by atoms with Crippen molar-refractivity contribution in [1.82, 2.24) is 0 Å². The van der Waals surface area contributed by atoms with Crippen LogP contribution in [0.3, 0.4) is 0 Å². The maximum absolute atomic E-state index is 6.11. The van der Waals surface area contributed by atoms with Crippen molar-refractivity contribution in [2.75, 3.05) is 20.2 Å². The summed E-state index contributed by atoms with van der Waals surface area (Å²) in [6.45, 7) is 3.32. The molecule has 0 amide bonds. The highest BCUT2D eigenvalue weighted by molar-refractivity contribution is 6.37. The molecular formula is C13H20Cl2N2O. The average molecular weight is 291 g/mol. The quantitative estimate of drug-likeness (QED) is 0.847. The fourth-order valence-electron chi connectivity index (χ4n) is 2.02. The van der Waals surface area contributed by atoms with E-state index in [1.807, 2.05) is 12.1 Å². The molecule has 1 aromatic carbocycles. The van der Waals surface area contributed by atoms with Crippen LogP contribution in [-0.2, 0) is 6.42 Å². The molecule has 0 aliphatic heterocycles. The van der Waals surface area contributed by atoms with Crippen LogP contribution in [0, 0.1) is 11.8 Å². The van der Waals surface area contributed by atoms with Gasteiger partial charge in [-0.05, 0) is 49.0 Å². The zero-order valence-corrected chi connectivity index (χ0v) is 12.3. The molecule has 102 valence electrons. The lowest BCUT2D eigenvalue weighted by Crippen LogP contribution is -2.30. The highest BCUT2D eigenvalue weighted by atomic mass is 35.5. The van der Waals surface area contributed by atoms with Gasteiger partial charge in [-0.1, -0.05) is 30.1 Å². The molecule has 0 spiro atoms. The minimum atomic E-state index is 0.310. The van der Waals surface area contributed by atoms with Gasteiger partial charge in [0.05, 0.1) is 17.2 Å². The Bertz CT molecular complexity index is 372. The Balaban J connectivity index is 2.85. The molecule has 0 aliphatic rings. The Morgan fingerprint density at radius 2 is 1.67 bits per heavy atom. The predicted octanol–water partition coefficient (Wildman–Crippen LogP) is 2.71. The second kappa shape index (κ2) is 7.19. The van der Waals surface area contributed by atoms with Crippen LogP contribution in [0.25, 0.3) is 0 Å². The number of ether oxygens (including phenoxy) is 1. The van der Waals surface area contributed by atoms with Gasteiger partial charge in [-0.2, -0.15) is 0 Å². The van der Waals surface area contributed by atoms with E-state index < -0.39 is 0 Å². The summed E-state index contributed by atoms with van der Waals surface area (Å²) in [5.74, 6) is 1.22. The van der Waals surface area contributed by atoms with E-state index in [1.54, 1.807) is 7.11 Å². The summed E-state index contributed by atoms with van der Waals surface area (Å²) >= 11 is 12.2. The molecule has 0 fully saturated rings. The number of hydrogen-bond donors (Lipinski definition) is 2. The van der Waals surface area contributed by atoms with Crippen LogP contribution in [0.4, 0.5) is 0 Å². The number of rotatable bonds is 6. The molecular weight excluding hydrogens is 271 g/mol. The van der Waals surface area contributed by atoms with E-state index in [1.165, 1.54) is 0 Å². The lowest BCUT2D eigenvalue weighted by molar-refractivity contribution is 0.372. The van der Waals surface area contributed by atoms with E-state index in [0.29, 0.717) is 40.7 Å². The van der Waals surface area contributed by atoms with Gasteiger partial charge in [-0.15, -0.1) is 0 Å². The molecule has 0 aromatic heterocycles. The highest BCUT2D eigenvalue weighted by Crippen LogP contribution is 2.34. The summed E-state index contributed by atoms with van der Waals surface area (Å²) in [5.41, 5.74) is 12.5. The van der Waals surface area contributed by atoms with E-state index >= 15 is 0 Å². The third-order valence-corrected chi connectivity index (χ3v) is 3.79. The first-order chi connectivity index (χ1) is 8.53.